The van der Waals surface area contributed by atoms with Crippen molar-refractivity contribution < 1.29 is 9.53 Å². The number of nitrogens with one attached hydrogen (secondary N) is 1. The van der Waals surface area contributed by atoms with Crippen LogP contribution in [-0.2, 0) is 6.61 Å². The molecule has 1 unspecified atom stereocenters. The number of likely N-dealkylation sites (tertiary alicyclic amines) is 1. The Labute approximate surface area is 161 Å². The largest absolute Gasteiger partial charge is 0.488 e. The van der Waals surface area contributed by atoms with Crippen LogP contribution in [0.2, 0.25) is 0 Å². The lowest BCUT2D eigenvalue weighted by Crippen LogP contribution is -2.39. The zero-order valence-electron chi connectivity index (χ0n) is 15.1. The Morgan fingerprint density at radius 1 is 1.37 bits per heavy atom. The molecule has 0 bridgehead atoms. The first kappa shape index (κ1) is 16.5. The number of fused-ring (bicyclic) bond motifs is 3. The average Bonchev–Trinajstić information content (AvgIpc) is 3.34. The SMILES string of the molecule is Cc1nc(C2CCCN(C(=O)c3cc4c(s3)-c3ccccc3OC4)C2)n[nH]1. The summed E-state index contributed by atoms with van der Waals surface area (Å²) in [7, 11) is 0. The first-order valence-corrected chi connectivity index (χ1v) is 10.0. The number of aromatic amines is 1. The fourth-order valence-electron chi connectivity index (χ4n) is 3.88. The highest BCUT2D eigenvalue weighted by Crippen LogP contribution is 2.42. The van der Waals surface area contributed by atoms with Crippen LogP contribution in [-0.4, -0.2) is 39.1 Å². The molecule has 4 heterocycles. The summed E-state index contributed by atoms with van der Waals surface area (Å²) in [4.78, 5) is 21.5. The minimum absolute atomic E-state index is 0.101. The van der Waals surface area contributed by atoms with Gasteiger partial charge in [-0.15, -0.1) is 11.3 Å². The topological polar surface area (TPSA) is 71.1 Å². The van der Waals surface area contributed by atoms with Crippen molar-refractivity contribution in [3.8, 4) is 16.2 Å². The van der Waals surface area contributed by atoms with Crippen LogP contribution in [0.4, 0.5) is 0 Å². The Morgan fingerprint density at radius 3 is 3.11 bits per heavy atom. The van der Waals surface area contributed by atoms with E-state index in [2.05, 4.69) is 21.2 Å². The standard InChI is InChI=1S/C20H20N4O2S/c1-12-21-19(23-22-12)13-5-4-8-24(10-13)20(25)17-9-14-11-26-16-7-3-2-6-15(16)18(14)27-17/h2-3,6-7,9,13H,4-5,8,10-11H2,1H3,(H,21,22,23). The van der Waals surface area contributed by atoms with Gasteiger partial charge in [-0.2, -0.15) is 5.10 Å². The lowest BCUT2D eigenvalue weighted by molar-refractivity contribution is 0.0709. The number of ether oxygens (including phenoxy) is 1. The molecule has 2 aliphatic rings. The predicted octanol–water partition coefficient (Wildman–Crippen LogP) is 3.75. The van der Waals surface area contributed by atoms with Gasteiger partial charge in [0.05, 0.1) is 4.88 Å². The minimum atomic E-state index is 0.101. The van der Waals surface area contributed by atoms with Gasteiger partial charge in [0.25, 0.3) is 5.91 Å². The van der Waals surface area contributed by atoms with E-state index < -0.39 is 0 Å². The molecule has 1 N–H and O–H groups in total. The smallest absolute Gasteiger partial charge is 0.263 e. The van der Waals surface area contributed by atoms with Crippen molar-refractivity contribution in [1.29, 1.82) is 0 Å². The minimum Gasteiger partial charge on any atom is -0.488 e. The van der Waals surface area contributed by atoms with Gasteiger partial charge in [0.1, 0.15) is 18.2 Å². The van der Waals surface area contributed by atoms with Gasteiger partial charge in [-0.3, -0.25) is 9.89 Å². The average molecular weight is 380 g/mol. The Bertz CT molecular complexity index is 1010. The molecular formula is C20H20N4O2S. The molecule has 0 spiro atoms. The number of carbonyl (C=O) groups excluding carboxylic acids is 1. The highest BCUT2D eigenvalue weighted by atomic mass is 32.1. The Morgan fingerprint density at radius 2 is 2.26 bits per heavy atom. The number of H-pyrrole nitrogens is 1. The monoisotopic (exact) mass is 380 g/mol. The summed E-state index contributed by atoms with van der Waals surface area (Å²) in [5, 5.41) is 7.20. The van der Waals surface area contributed by atoms with E-state index in [0.717, 1.165) is 57.7 Å². The number of amides is 1. The first-order chi connectivity index (χ1) is 13.2. The van der Waals surface area contributed by atoms with E-state index >= 15 is 0 Å². The second-order valence-corrected chi connectivity index (χ2v) is 8.17. The van der Waals surface area contributed by atoms with E-state index in [4.69, 9.17) is 4.74 Å². The van der Waals surface area contributed by atoms with Crippen LogP contribution in [0.3, 0.4) is 0 Å². The number of aromatic nitrogens is 3. The van der Waals surface area contributed by atoms with Crippen LogP contribution in [0.15, 0.2) is 30.3 Å². The summed E-state index contributed by atoms with van der Waals surface area (Å²) in [6.07, 6.45) is 1.99. The lowest BCUT2D eigenvalue weighted by Gasteiger charge is -2.31. The molecule has 0 saturated carbocycles. The van der Waals surface area contributed by atoms with Crippen LogP contribution in [0.25, 0.3) is 10.4 Å². The van der Waals surface area contributed by atoms with E-state index in [0.29, 0.717) is 13.2 Å². The third kappa shape index (κ3) is 2.92. The number of benzene rings is 1. The van der Waals surface area contributed by atoms with Crippen molar-refractivity contribution in [3.63, 3.8) is 0 Å². The highest BCUT2D eigenvalue weighted by Gasteiger charge is 2.30. The molecule has 7 heteroatoms. The normalized spacial score (nSPS) is 18.6. The summed E-state index contributed by atoms with van der Waals surface area (Å²) in [5.41, 5.74) is 2.18. The number of hydrogen-bond donors (Lipinski definition) is 1. The molecule has 0 radical (unpaired) electrons. The van der Waals surface area contributed by atoms with E-state index in [1.165, 1.54) is 0 Å². The van der Waals surface area contributed by atoms with Crippen molar-refractivity contribution >= 4 is 17.2 Å². The zero-order valence-corrected chi connectivity index (χ0v) is 15.9. The van der Waals surface area contributed by atoms with E-state index in [1.54, 1.807) is 11.3 Å². The van der Waals surface area contributed by atoms with Gasteiger partial charge in [-0.1, -0.05) is 12.1 Å². The van der Waals surface area contributed by atoms with Crippen LogP contribution < -0.4 is 4.74 Å². The van der Waals surface area contributed by atoms with E-state index in [9.17, 15) is 4.79 Å². The number of piperidine rings is 1. The molecular weight excluding hydrogens is 360 g/mol. The van der Waals surface area contributed by atoms with Crippen molar-refractivity contribution in [2.75, 3.05) is 13.1 Å². The second kappa shape index (κ2) is 6.49. The number of aryl methyl sites for hydroxylation is 1. The zero-order chi connectivity index (χ0) is 18.4. The van der Waals surface area contributed by atoms with Crippen molar-refractivity contribution in [2.45, 2.75) is 32.3 Å². The van der Waals surface area contributed by atoms with Crippen LogP contribution in [0.1, 0.15) is 45.6 Å². The molecule has 1 saturated heterocycles. The number of rotatable bonds is 2. The molecule has 1 amide bonds. The maximum Gasteiger partial charge on any atom is 0.263 e. The summed E-state index contributed by atoms with van der Waals surface area (Å²) >= 11 is 1.57. The molecule has 2 aromatic heterocycles. The summed E-state index contributed by atoms with van der Waals surface area (Å²) in [6.45, 7) is 3.88. The molecule has 3 aromatic rings. The third-order valence-electron chi connectivity index (χ3n) is 5.22. The number of thiophene rings is 1. The van der Waals surface area contributed by atoms with Crippen LogP contribution in [0, 0.1) is 6.92 Å². The predicted molar refractivity (Wildman–Crippen MR) is 103 cm³/mol. The molecule has 1 atom stereocenters. The van der Waals surface area contributed by atoms with Gasteiger partial charge < -0.3 is 9.64 Å². The molecule has 138 valence electrons. The van der Waals surface area contributed by atoms with Gasteiger partial charge in [-0.05, 0) is 38.0 Å². The second-order valence-electron chi connectivity index (χ2n) is 7.12. The fourth-order valence-corrected chi connectivity index (χ4v) is 5.04. The summed E-state index contributed by atoms with van der Waals surface area (Å²) in [5.74, 6) is 2.83. The number of para-hydroxylation sites is 1. The van der Waals surface area contributed by atoms with Crippen molar-refractivity contribution in [3.05, 3.63) is 52.4 Å². The molecule has 6 nitrogen and oxygen atoms in total. The first-order valence-electron chi connectivity index (χ1n) is 9.22. The molecule has 0 aliphatic carbocycles. The lowest BCUT2D eigenvalue weighted by atomic mass is 9.97. The molecule has 1 aromatic carbocycles. The molecule has 2 aliphatic heterocycles. The maximum absolute atomic E-state index is 13.2. The van der Waals surface area contributed by atoms with Crippen LogP contribution >= 0.6 is 11.3 Å². The third-order valence-corrected chi connectivity index (χ3v) is 6.42. The Balaban J connectivity index is 1.40. The summed E-state index contributed by atoms with van der Waals surface area (Å²) < 4.78 is 5.83. The van der Waals surface area contributed by atoms with Gasteiger partial charge in [0.2, 0.25) is 0 Å². The van der Waals surface area contributed by atoms with E-state index in [-0.39, 0.29) is 11.8 Å². The van der Waals surface area contributed by atoms with Gasteiger partial charge in [0.15, 0.2) is 5.82 Å². The fraction of sp³-hybridized carbons (Fsp3) is 0.350. The molecule has 27 heavy (non-hydrogen) atoms. The highest BCUT2D eigenvalue weighted by molar-refractivity contribution is 7.17. The Hall–Kier alpha value is -2.67. The van der Waals surface area contributed by atoms with Gasteiger partial charge in [0, 0.05) is 35.0 Å². The maximum atomic E-state index is 13.2. The van der Waals surface area contributed by atoms with E-state index in [1.807, 2.05) is 36.1 Å². The number of hydrogen-bond acceptors (Lipinski definition) is 5. The molecule has 1 fully saturated rings. The molecule has 5 rings (SSSR count). The number of carbonyl (C=O) groups is 1. The van der Waals surface area contributed by atoms with Gasteiger partial charge >= 0.3 is 0 Å². The van der Waals surface area contributed by atoms with Crippen LogP contribution in [0.5, 0.6) is 5.75 Å². The van der Waals surface area contributed by atoms with Crippen molar-refractivity contribution in [2.24, 2.45) is 0 Å². The van der Waals surface area contributed by atoms with Gasteiger partial charge in [-0.25, -0.2) is 4.98 Å². The Kier molecular flexibility index (Phi) is 3.97. The number of nitrogens with zero attached hydrogens (tertiary/aromatic N) is 3. The van der Waals surface area contributed by atoms with Crippen molar-refractivity contribution in [1.82, 2.24) is 20.1 Å². The quantitative estimate of drug-likeness (QED) is 0.735. The summed E-state index contributed by atoms with van der Waals surface area (Å²) in [6, 6.07) is 10.0.